The molecule has 1 amide bonds. The number of aliphatic carboxylic acids is 1. The van der Waals surface area contributed by atoms with Crippen molar-refractivity contribution in [2.45, 2.75) is 44.7 Å². The standard InChI is InChI=1S/C14H24N2O4/c1-2-20-9-13(17)15-11-5-12(6-11)16(8-14(18)19)7-10-3-4-10/h10-12H,2-9H2,1H3,(H,15,17)(H,18,19). The second-order valence-corrected chi connectivity index (χ2v) is 5.79. The summed E-state index contributed by atoms with van der Waals surface area (Å²) in [6, 6.07) is 0.465. The van der Waals surface area contributed by atoms with Gasteiger partial charge in [0.05, 0.1) is 6.54 Å². The Labute approximate surface area is 119 Å². The molecule has 0 unspecified atom stereocenters. The SMILES string of the molecule is CCOCC(=O)NC1CC(N(CC(=O)O)CC2CC2)C1. The van der Waals surface area contributed by atoms with E-state index in [0.29, 0.717) is 18.6 Å². The molecule has 2 saturated carbocycles. The van der Waals surface area contributed by atoms with Gasteiger partial charge in [0, 0.05) is 25.2 Å². The van der Waals surface area contributed by atoms with Crippen LogP contribution in [0.2, 0.25) is 0 Å². The zero-order valence-electron chi connectivity index (χ0n) is 12.0. The molecule has 2 N–H and O–H groups in total. The van der Waals surface area contributed by atoms with Crippen molar-refractivity contribution in [3.8, 4) is 0 Å². The minimum Gasteiger partial charge on any atom is -0.480 e. The lowest BCUT2D eigenvalue weighted by Gasteiger charge is -2.42. The molecular formula is C14H24N2O4. The van der Waals surface area contributed by atoms with Crippen molar-refractivity contribution in [2.75, 3.05) is 26.3 Å². The fourth-order valence-electron chi connectivity index (χ4n) is 2.62. The van der Waals surface area contributed by atoms with E-state index in [1.165, 1.54) is 12.8 Å². The number of rotatable bonds is 9. The third kappa shape index (κ3) is 4.76. The quantitative estimate of drug-likeness (QED) is 0.643. The molecule has 0 spiro atoms. The summed E-state index contributed by atoms with van der Waals surface area (Å²) in [6.07, 6.45) is 4.13. The first-order valence-corrected chi connectivity index (χ1v) is 7.41. The van der Waals surface area contributed by atoms with Crippen molar-refractivity contribution in [1.82, 2.24) is 10.2 Å². The summed E-state index contributed by atoms with van der Waals surface area (Å²) in [5, 5.41) is 11.9. The first-order chi connectivity index (χ1) is 9.58. The van der Waals surface area contributed by atoms with E-state index in [2.05, 4.69) is 10.2 Å². The Balaban J connectivity index is 1.69. The number of nitrogens with zero attached hydrogens (tertiary/aromatic N) is 1. The summed E-state index contributed by atoms with van der Waals surface area (Å²) in [4.78, 5) is 24.5. The van der Waals surface area contributed by atoms with E-state index < -0.39 is 5.97 Å². The Morgan fingerprint density at radius 1 is 1.35 bits per heavy atom. The first kappa shape index (κ1) is 15.3. The van der Waals surface area contributed by atoms with Gasteiger partial charge in [0.25, 0.3) is 0 Å². The summed E-state index contributed by atoms with van der Waals surface area (Å²) >= 11 is 0. The molecule has 6 nitrogen and oxygen atoms in total. The van der Waals surface area contributed by atoms with Crippen LogP contribution in [0.5, 0.6) is 0 Å². The summed E-state index contributed by atoms with van der Waals surface area (Å²) in [7, 11) is 0. The number of ether oxygens (including phenoxy) is 1. The Morgan fingerprint density at radius 2 is 2.05 bits per heavy atom. The molecule has 0 aromatic rings. The predicted molar refractivity (Wildman–Crippen MR) is 73.4 cm³/mol. The number of carbonyl (C=O) groups excluding carboxylic acids is 1. The van der Waals surface area contributed by atoms with Crippen LogP contribution in [0.3, 0.4) is 0 Å². The first-order valence-electron chi connectivity index (χ1n) is 7.41. The Hall–Kier alpha value is -1.14. The third-order valence-electron chi connectivity index (χ3n) is 3.96. The van der Waals surface area contributed by atoms with Crippen LogP contribution in [0.15, 0.2) is 0 Å². The molecule has 20 heavy (non-hydrogen) atoms. The monoisotopic (exact) mass is 284 g/mol. The zero-order valence-corrected chi connectivity index (χ0v) is 12.0. The number of amides is 1. The van der Waals surface area contributed by atoms with Crippen LogP contribution in [-0.2, 0) is 14.3 Å². The summed E-state index contributed by atoms with van der Waals surface area (Å²) < 4.78 is 5.05. The van der Waals surface area contributed by atoms with Gasteiger partial charge < -0.3 is 15.2 Å². The highest BCUT2D eigenvalue weighted by Crippen LogP contribution is 2.33. The number of carboxylic acids is 1. The zero-order chi connectivity index (χ0) is 14.5. The molecule has 0 aromatic heterocycles. The molecule has 0 radical (unpaired) electrons. The number of hydrogen-bond acceptors (Lipinski definition) is 4. The van der Waals surface area contributed by atoms with E-state index >= 15 is 0 Å². The lowest BCUT2D eigenvalue weighted by molar-refractivity contribution is -0.140. The predicted octanol–water partition coefficient (Wildman–Crippen LogP) is 0.467. The van der Waals surface area contributed by atoms with Gasteiger partial charge >= 0.3 is 5.97 Å². The van der Waals surface area contributed by atoms with E-state index in [4.69, 9.17) is 9.84 Å². The molecule has 0 bridgehead atoms. The van der Waals surface area contributed by atoms with Crippen molar-refractivity contribution in [3.05, 3.63) is 0 Å². The van der Waals surface area contributed by atoms with E-state index in [-0.39, 0.29) is 25.1 Å². The van der Waals surface area contributed by atoms with Crippen LogP contribution < -0.4 is 5.32 Å². The van der Waals surface area contributed by atoms with Gasteiger partial charge in [0.15, 0.2) is 0 Å². The molecule has 2 fully saturated rings. The highest BCUT2D eigenvalue weighted by Gasteiger charge is 2.37. The minimum absolute atomic E-state index is 0.0812. The van der Waals surface area contributed by atoms with Crippen LogP contribution in [0.25, 0.3) is 0 Å². The Bertz CT molecular complexity index is 351. The van der Waals surface area contributed by atoms with E-state index in [0.717, 1.165) is 19.4 Å². The molecule has 0 heterocycles. The molecule has 6 heteroatoms. The second kappa shape index (κ2) is 7.04. The van der Waals surface area contributed by atoms with Gasteiger partial charge in [-0.3, -0.25) is 14.5 Å². The van der Waals surface area contributed by atoms with Gasteiger partial charge in [0.1, 0.15) is 6.61 Å². The van der Waals surface area contributed by atoms with Crippen LogP contribution in [0, 0.1) is 5.92 Å². The van der Waals surface area contributed by atoms with Gasteiger partial charge in [-0.1, -0.05) is 0 Å². The molecule has 2 rings (SSSR count). The molecule has 2 aliphatic carbocycles. The normalized spacial score (nSPS) is 25.3. The number of carboxylic acid groups (broad SMARTS) is 1. The highest BCUT2D eigenvalue weighted by molar-refractivity contribution is 5.77. The Morgan fingerprint density at radius 3 is 2.60 bits per heavy atom. The fourth-order valence-corrected chi connectivity index (χ4v) is 2.62. The molecule has 2 aliphatic rings. The summed E-state index contributed by atoms with van der Waals surface area (Å²) in [6.45, 7) is 3.50. The average Bonchev–Trinajstić information content (AvgIpc) is 3.13. The maximum absolute atomic E-state index is 11.5. The molecule has 0 saturated heterocycles. The summed E-state index contributed by atoms with van der Waals surface area (Å²) in [5.74, 6) is -0.169. The van der Waals surface area contributed by atoms with Gasteiger partial charge in [0.2, 0.25) is 5.91 Å². The van der Waals surface area contributed by atoms with Gasteiger partial charge in [-0.15, -0.1) is 0 Å². The smallest absolute Gasteiger partial charge is 0.317 e. The Kier molecular flexibility index (Phi) is 5.37. The number of carbonyl (C=O) groups is 2. The summed E-state index contributed by atoms with van der Waals surface area (Å²) in [5.41, 5.74) is 0. The molecule has 0 atom stereocenters. The van der Waals surface area contributed by atoms with Crippen LogP contribution in [-0.4, -0.2) is 60.3 Å². The maximum atomic E-state index is 11.5. The van der Waals surface area contributed by atoms with Gasteiger partial charge in [-0.25, -0.2) is 0 Å². The molecule has 0 aliphatic heterocycles. The van der Waals surface area contributed by atoms with Crippen LogP contribution >= 0.6 is 0 Å². The maximum Gasteiger partial charge on any atom is 0.317 e. The third-order valence-corrected chi connectivity index (χ3v) is 3.96. The largest absolute Gasteiger partial charge is 0.480 e. The van der Waals surface area contributed by atoms with Crippen molar-refractivity contribution < 1.29 is 19.4 Å². The lowest BCUT2D eigenvalue weighted by Crippen LogP contribution is -2.55. The van der Waals surface area contributed by atoms with E-state index in [1.54, 1.807) is 0 Å². The topological polar surface area (TPSA) is 78.9 Å². The fraction of sp³-hybridized carbons (Fsp3) is 0.857. The minimum atomic E-state index is -0.769. The van der Waals surface area contributed by atoms with Crippen molar-refractivity contribution in [2.24, 2.45) is 5.92 Å². The highest BCUT2D eigenvalue weighted by atomic mass is 16.5. The van der Waals surface area contributed by atoms with Crippen molar-refractivity contribution >= 4 is 11.9 Å². The van der Waals surface area contributed by atoms with Gasteiger partial charge in [-0.05, 0) is 38.5 Å². The van der Waals surface area contributed by atoms with E-state index in [1.807, 2.05) is 6.92 Å². The molecule has 114 valence electrons. The second-order valence-electron chi connectivity index (χ2n) is 5.79. The van der Waals surface area contributed by atoms with Gasteiger partial charge in [-0.2, -0.15) is 0 Å². The van der Waals surface area contributed by atoms with Crippen molar-refractivity contribution in [1.29, 1.82) is 0 Å². The van der Waals surface area contributed by atoms with Crippen molar-refractivity contribution in [3.63, 3.8) is 0 Å². The van der Waals surface area contributed by atoms with Crippen LogP contribution in [0.1, 0.15) is 32.6 Å². The number of nitrogens with one attached hydrogen (secondary N) is 1. The lowest BCUT2D eigenvalue weighted by atomic mass is 9.85. The average molecular weight is 284 g/mol. The number of hydrogen-bond donors (Lipinski definition) is 2. The molecule has 0 aromatic carbocycles. The molecular weight excluding hydrogens is 260 g/mol. The van der Waals surface area contributed by atoms with Crippen LogP contribution in [0.4, 0.5) is 0 Å². The van der Waals surface area contributed by atoms with E-state index in [9.17, 15) is 9.59 Å².